The quantitative estimate of drug-likeness (QED) is 0.0499. The Bertz CT molecular complexity index is 1880. The molecule has 2 heterocycles. The highest BCUT2D eigenvalue weighted by molar-refractivity contribution is 7.13. The normalized spacial score (nSPS) is 14.6. The number of nitrogens with zero attached hydrogens (tertiary/aromatic N) is 6. The summed E-state index contributed by atoms with van der Waals surface area (Å²) in [6.07, 6.45) is -1.31. The molecule has 4 rings (SSSR count). The molecular formula is C30H30N8O14S. The van der Waals surface area contributed by atoms with Crippen molar-refractivity contribution in [3.8, 4) is 0 Å². The second-order valence-electron chi connectivity index (χ2n) is 11.3. The number of nitro benzene ring substituents is 2. The first-order valence-corrected chi connectivity index (χ1v) is 16.0. The molecule has 2 unspecified atom stereocenters. The molecule has 3 N–H and O–H groups in total. The molecule has 1 fully saturated rings. The molecular weight excluding hydrogens is 728 g/mol. The van der Waals surface area contributed by atoms with Gasteiger partial charge in [-0.15, -0.1) is 16.5 Å². The Hall–Kier alpha value is -6.30. The minimum atomic E-state index is -1.69. The largest absolute Gasteiger partial charge is 0.459 e. The molecule has 280 valence electrons. The van der Waals surface area contributed by atoms with Crippen molar-refractivity contribution in [3.05, 3.63) is 91.0 Å². The summed E-state index contributed by atoms with van der Waals surface area (Å²) < 4.78 is 15.1. The average Bonchev–Trinajstić information content (AvgIpc) is 3.56. The number of anilines is 1. The number of ether oxygens (including phenoxy) is 3. The van der Waals surface area contributed by atoms with Crippen LogP contribution in [-0.2, 0) is 56.3 Å². The van der Waals surface area contributed by atoms with E-state index in [0.717, 1.165) is 16.4 Å². The number of amides is 3. The standard InChI is InChI=1S/C30H30N8O14S/c1-30(2,27(42)49-13-18-5-9-21(10-6-18)38(46)47)52-35-24(22-16-53-28(31)32-22)25(40)33-34-29(43)50-14-19-11-36(26(19)41)51-15-23(39)48-12-17-3-7-20(8-4-17)37(44)45/h3-10,16,19,24,35H,11-15H2,1-2H3,(H2,31,32). The number of aromatic nitrogens is 1. The van der Waals surface area contributed by atoms with E-state index in [-0.39, 0.29) is 42.0 Å². The number of nitrogens with one attached hydrogen (secondary N) is 1. The van der Waals surface area contributed by atoms with Crippen LogP contribution in [0.25, 0.3) is 0 Å². The van der Waals surface area contributed by atoms with Gasteiger partial charge in [0.05, 0.1) is 28.0 Å². The first-order valence-electron chi connectivity index (χ1n) is 15.1. The summed E-state index contributed by atoms with van der Waals surface area (Å²) in [4.78, 5) is 97.1. The number of carbonyl (C=O) groups is 5. The van der Waals surface area contributed by atoms with Gasteiger partial charge in [0.1, 0.15) is 19.8 Å². The Labute approximate surface area is 302 Å². The number of benzene rings is 2. The van der Waals surface area contributed by atoms with Crippen LogP contribution in [0.3, 0.4) is 0 Å². The molecule has 3 aromatic rings. The van der Waals surface area contributed by atoms with Gasteiger partial charge in [0, 0.05) is 29.6 Å². The fourth-order valence-electron chi connectivity index (χ4n) is 4.05. The number of β-lactam (4-membered cyclic amide) rings is 1. The van der Waals surface area contributed by atoms with Crippen LogP contribution in [0.1, 0.15) is 36.7 Å². The van der Waals surface area contributed by atoms with Crippen molar-refractivity contribution in [2.45, 2.75) is 38.7 Å². The number of hydroxylamine groups is 3. The number of nitro groups is 2. The summed E-state index contributed by atoms with van der Waals surface area (Å²) in [5.74, 6) is -4.21. The van der Waals surface area contributed by atoms with E-state index in [9.17, 15) is 44.2 Å². The molecule has 2 atom stereocenters. The van der Waals surface area contributed by atoms with Crippen LogP contribution in [0.2, 0.25) is 0 Å². The number of hydrogen-bond acceptors (Lipinski definition) is 18. The van der Waals surface area contributed by atoms with Gasteiger partial charge in [-0.3, -0.25) is 39.5 Å². The topological polar surface area (TPSA) is 297 Å². The Balaban J connectivity index is 1.20. The number of carbonyl (C=O) groups excluding carboxylic acids is 5. The number of non-ortho nitro benzene ring substituents is 2. The monoisotopic (exact) mass is 758 g/mol. The SMILES string of the molecule is CC(C)(ONC(C(=O)N=NC(=O)OCC1CN(OCC(=O)OCc2ccc([N+](=O)[O-])cc2)C1=O)c1csc(N)n1)C(=O)OCc1ccc([N+](=O)[O-])cc1. The Morgan fingerprint density at radius 2 is 1.57 bits per heavy atom. The number of azo groups is 1. The molecule has 1 aliphatic heterocycles. The van der Waals surface area contributed by atoms with E-state index in [1.165, 1.54) is 67.8 Å². The van der Waals surface area contributed by atoms with Gasteiger partial charge in [0.15, 0.2) is 23.4 Å². The van der Waals surface area contributed by atoms with E-state index in [2.05, 4.69) is 20.7 Å². The van der Waals surface area contributed by atoms with Crippen molar-refractivity contribution >= 4 is 57.7 Å². The predicted molar refractivity (Wildman–Crippen MR) is 176 cm³/mol. The third kappa shape index (κ3) is 11.3. The van der Waals surface area contributed by atoms with Crippen LogP contribution in [0.5, 0.6) is 0 Å². The molecule has 0 aliphatic carbocycles. The van der Waals surface area contributed by atoms with Gasteiger partial charge >= 0.3 is 18.0 Å². The van der Waals surface area contributed by atoms with Crippen molar-refractivity contribution in [1.29, 1.82) is 0 Å². The van der Waals surface area contributed by atoms with E-state index >= 15 is 0 Å². The second-order valence-corrected chi connectivity index (χ2v) is 12.2. The average molecular weight is 759 g/mol. The van der Waals surface area contributed by atoms with Crippen LogP contribution in [-0.4, -0.2) is 75.1 Å². The zero-order valence-corrected chi connectivity index (χ0v) is 28.6. The van der Waals surface area contributed by atoms with Gasteiger partial charge in [-0.05, 0) is 49.2 Å². The van der Waals surface area contributed by atoms with E-state index in [0.29, 0.717) is 11.1 Å². The van der Waals surface area contributed by atoms with Crippen LogP contribution in [0.4, 0.5) is 21.3 Å². The van der Waals surface area contributed by atoms with E-state index in [1.54, 1.807) is 0 Å². The van der Waals surface area contributed by atoms with Gasteiger partial charge < -0.3 is 19.9 Å². The van der Waals surface area contributed by atoms with Gasteiger partial charge in [0.25, 0.3) is 23.2 Å². The fraction of sp³-hybridized carbons (Fsp3) is 0.333. The first-order chi connectivity index (χ1) is 25.1. The maximum absolute atomic E-state index is 12.9. The van der Waals surface area contributed by atoms with E-state index in [4.69, 9.17) is 29.6 Å². The van der Waals surface area contributed by atoms with Crippen molar-refractivity contribution in [1.82, 2.24) is 15.5 Å². The van der Waals surface area contributed by atoms with Crippen molar-refractivity contribution < 1.29 is 57.7 Å². The highest BCUT2D eigenvalue weighted by atomic mass is 32.1. The van der Waals surface area contributed by atoms with Gasteiger partial charge in [-0.2, -0.15) is 5.48 Å². The lowest BCUT2D eigenvalue weighted by molar-refractivity contribution is -0.385. The summed E-state index contributed by atoms with van der Waals surface area (Å²) in [6, 6.07) is 9.20. The zero-order valence-electron chi connectivity index (χ0n) is 27.8. The van der Waals surface area contributed by atoms with Gasteiger partial charge in [-0.25, -0.2) is 24.4 Å². The Morgan fingerprint density at radius 1 is 0.981 bits per heavy atom. The highest BCUT2D eigenvalue weighted by Crippen LogP contribution is 2.23. The molecule has 0 bridgehead atoms. The Kier molecular flexibility index (Phi) is 13.2. The molecule has 1 aliphatic rings. The summed E-state index contributed by atoms with van der Waals surface area (Å²) in [7, 11) is 0. The number of nitrogens with two attached hydrogens (primary N) is 1. The lowest BCUT2D eigenvalue weighted by Gasteiger charge is -2.35. The summed E-state index contributed by atoms with van der Waals surface area (Å²) >= 11 is 0.981. The molecule has 53 heavy (non-hydrogen) atoms. The molecule has 1 aromatic heterocycles. The number of hydrogen-bond donors (Lipinski definition) is 2. The minimum Gasteiger partial charge on any atom is -0.459 e. The summed E-state index contributed by atoms with van der Waals surface area (Å²) in [5, 5.41) is 30.4. The van der Waals surface area contributed by atoms with E-state index in [1.807, 2.05) is 0 Å². The summed E-state index contributed by atoms with van der Waals surface area (Å²) in [6.45, 7) is 1.16. The highest BCUT2D eigenvalue weighted by Gasteiger charge is 2.39. The van der Waals surface area contributed by atoms with Gasteiger partial charge in [0.2, 0.25) is 0 Å². The molecule has 3 amide bonds. The number of esters is 2. The van der Waals surface area contributed by atoms with Crippen molar-refractivity contribution in [2.75, 3.05) is 25.5 Å². The van der Waals surface area contributed by atoms with Crippen LogP contribution in [0, 0.1) is 26.1 Å². The molecule has 22 nitrogen and oxygen atoms in total. The number of rotatable bonds is 17. The smallest absolute Gasteiger partial charge is 0.452 e. The lowest BCUT2D eigenvalue weighted by atomic mass is 10.0. The lowest BCUT2D eigenvalue weighted by Crippen LogP contribution is -2.54. The van der Waals surface area contributed by atoms with Crippen LogP contribution in [0.15, 0.2) is 64.1 Å². The second kappa shape index (κ2) is 17.8. The maximum atomic E-state index is 12.9. The molecule has 1 saturated heterocycles. The molecule has 0 saturated carbocycles. The molecule has 0 radical (unpaired) electrons. The number of nitrogen functional groups attached to an aromatic ring is 1. The van der Waals surface area contributed by atoms with Crippen molar-refractivity contribution in [2.24, 2.45) is 16.1 Å². The third-order valence-corrected chi connectivity index (χ3v) is 7.72. The first kappa shape index (κ1) is 39.5. The van der Waals surface area contributed by atoms with Gasteiger partial charge in [-0.1, -0.05) is 5.11 Å². The minimum absolute atomic E-state index is 0.0234. The third-order valence-electron chi connectivity index (χ3n) is 7.03. The zero-order chi connectivity index (χ0) is 38.7. The Morgan fingerprint density at radius 3 is 2.09 bits per heavy atom. The summed E-state index contributed by atoms with van der Waals surface area (Å²) in [5.41, 5.74) is 7.10. The molecule has 23 heteroatoms. The van der Waals surface area contributed by atoms with Crippen molar-refractivity contribution in [3.63, 3.8) is 0 Å². The van der Waals surface area contributed by atoms with E-state index < -0.39 is 70.5 Å². The molecule has 2 aromatic carbocycles. The number of thiazole rings is 1. The maximum Gasteiger partial charge on any atom is 0.452 e. The van der Waals surface area contributed by atoms with Crippen LogP contribution >= 0.6 is 11.3 Å². The fourth-order valence-corrected chi connectivity index (χ4v) is 4.64. The van der Waals surface area contributed by atoms with Crippen LogP contribution < -0.4 is 11.2 Å². The molecule has 0 spiro atoms. The predicted octanol–water partition coefficient (Wildman–Crippen LogP) is 2.87.